The van der Waals surface area contributed by atoms with Gasteiger partial charge in [-0.05, 0) is 32.1 Å². The molecule has 1 fully saturated rings. The average molecular weight is 622 g/mol. The van der Waals surface area contributed by atoms with Gasteiger partial charge in [0.05, 0.1) is 24.1 Å². The Morgan fingerprint density at radius 1 is 1.05 bits per heavy atom. The summed E-state index contributed by atoms with van der Waals surface area (Å²) in [6.07, 6.45) is 1.02. The molecule has 0 radical (unpaired) electrons. The van der Waals surface area contributed by atoms with Crippen LogP contribution in [0.25, 0.3) is 0 Å². The van der Waals surface area contributed by atoms with Gasteiger partial charge in [-0.1, -0.05) is 25.4 Å². The monoisotopic (exact) mass is 621 g/mol. The van der Waals surface area contributed by atoms with Crippen molar-refractivity contribution in [3.05, 3.63) is 0 Å². The smallest absolute Gasteiger partial charge is 0.312 e. The number of rotatable bonds is 15. The molecule has 0 bridgehead atoms. The lowest BCUT2D eigenvalue weighted by molar-refractivity contribution is -0.154. The number of alkyl halides is 2. The molecule has 2 amide bonds. The van der Waals surface area contributed by atoms with Crippen molar-refractivity contribution < 1.29 is 48.6 Å². The second-order valence-electron chi connectivity index (χ2n) is 10.8. The largest absolute Gasteiger partial charge is 0.481 e. The summed E-state index contributed by atoms with van der Waals surface area (Å²) in [5.41, 5.74) is -1.28. The summed E-state index contributed by atoms with van der Waals surface area (Å²) < 4.78 is 5.10. The number of esters is 1. The molecule has 0 aromatic rings. The number of hydrogen-bond donors (Lipinski definition) is 4. The molecule has 2 rings (SSSR count). The number of aliphatic carboxylic acids is 2. The maximum Gasteiger partial charge on any atom is 0.312 e. The van der Waals surface area contributed by atoms with E-state index in [1.807, 2.05) is 13.8 Å². The highest BCUT2D eigenvalue weighted by Crippen LogP contribution is 2.33. The summed E-state index contributed by atoms with van der Waals surface area (Å²) in [7, 11) is 0. The van der Waals surface area contributed by atoms with Crippen LogP contribution in [0.15, 0.2) is 5.16 Å². The number of hydrogen-bond acceptors (Lipinski definition) is 9. The number of carboxylic acids is 2. The highest BCUT2D eigenvalue weighted by atomic mass is 35.5. The fraction of sp³-hybridized carbons (Fsp3) is 0.731. The van der Waals surface area contributed by atoms with Crippen LogP contribution in [0.2, 0.25) is 0 Å². The summed E-state index contributed by atoms with van der Waals surface area (Å²) in [5.74, 6) is -6.20. The van der Waals surface area contributed by atoms with Gasteiger partial charge in [0.25, 0.3) is 5.91 Å². The average Bonchev–Trinajstić information content (AvgIpc) is 3.27. The van der Waals surface area contributed by atoms with Crippen LogP contribution in [0.4, 0.5) is 0 Å². The number of halogens is 2. The Labute approximate surface area is 247 Å². The minimum Gasteiger partial charge on any atom is -0.481 e. The number of oxime groups is 1. The van der Waals surface area contributed by atoms with Gasteiger partial charge in [0.15, 0.2) is 12.4 Å². The first kappa shape index (κ1) is 34.3. The molecule has 0 spiro atoms. The molecule has 1 aliphatic carbocycles. The van der Waals surface area contributed by atoms with Crippen LogP contribution in [-0.4, -0.2) is 86.5 Å². The molecule has 15 heteroatoms. The topological polar surface area (TPSA) is 198 Å². The van der Waals surface area contributed by atoms with Gasteiger partial charge in [-0.2, -0.15) is 0 Å². The maximum atomic E-state index is 13.2. The zero-order chi connectivity index (χ0) is 30.9. The van der Waals surface area contributed by atoms with Gasteiger partial charge in [-0.3, -0.25) is 28.8 Å². The van der Waals surface area contributed by atoms with E-state index in [0.29, 0.717) is 18.6 Å². The highest BCUT2D eigenvalue weighted by molar-refractivity contribution is 6.26. The molecule has 2 aliphatic rings. The Bertz CT molecular complexity index is 1040. The molecule has 3 unspecified atom stereocenters. The predicted molar refractivity (Wildman–Crippen MR) is 147 cm³/mol. The van der Waals surface area contributed by atoms with Gasteiger partial charge in [0.1, 0.15) is 6.04 Å². The molecule has 4 N–H and O–H groups in total. The number of amides is 2. The van der Waals surface area contributed by atoms with Crippen molar-refractivity contribution in [3.63, 3.8) is 0 Å². The molecule has 1 saturated carbocycles. The summed E-state index contributed by atoms with van der Waals surface area (Å²) in [5, 5.41) is 26.1. The van der Waals surface area contributed by atoms with Crippen molar-refractivity contribution in [3.8, 4) is 0 Å². The lowest BCUT2D eigenvalue weighted by Crippen LogP contribution is -2.53. The third-order valence-corrected chi connectivity index (χ3v) is 7.92. The van der Waals surface area contributed by atoms with E-state index in [-0.39, 0.29) is 37.5 Å². The fourth-order valence-electron chi connectivity index (χ4n) is 4.60. The van der Waals surface area contributed by atoms with Crippen LogP contribution in [0, 0.1) is 11.8 Å². The van der Waals surface area contributed by atoms with Crippen LogP contribution in [0.5, 0.6) is 0 Å². The van der Waals surface area contributed by atoms with E-state index in [1.54, 1.807) is 0 Å². The third-order valence-electron chi connectivity index (χ3n) is 6.94. The molecule has 41 heavy (non-hydrogen) atoms. The van der Waals surface area contributed by atoms with Gasteiger partial charge in [0.2, 0.25) is 11.5 Å². The number of ketones is 1. The van der Waals surface area contributed by atoms with Gasteiger partial charge < -0.3 is 30.4 Å². The van der Waals surface area contributed by atoms with Crippen molar-refractivity contribution in [2.24, 2.45) is 17.0 Å². The van der Waals surface area contributed by atoms with E-state index in [9.17, 15) is 33.9 Å². The first-order valence-corrected chi connectivity index (χ1v) is 14.3. The molecular formula is C26H37Cl2N3O10. The number of Topliss-reactive ketones (excluding diaryl/α,β-unsaturated/α-hetero) is 1. The first-order valence-electron chi connectivity index (χ1n) is 13.4. The number of nitrogens with one attached hydrogen (secondary N) is 2. The minimum absolute atomic E-state index is 0.0111. The van der Waals surface area contributed by atoms with Crippen molar-refractivity contribution in [1.82, 2.24) is 10.6 Å². The van der Waals surface area contributed by atoms with Crippen molar-refractivity contribution in [2.75, 3.05) is 6.61 Å². The second kappa shape index (κ2) is 15.3. The molecule has 1 heterocycles. The molecule has 1 aliphatic heterocycles. The molecular weight excluding hydrogens is 585 g/mol. The predicted octanol–water partition coefficient (Wildman–Crippen LogP) is 2.00. The van der Waals surface area contributed by atoms with Gasteiger partial charge in [-0.25, -0.2) is 0 Å². The highest BCUT2D eigenvalue weighted by Gasteiger charge is 2.46. The van der Waals surface area contributed by atoms with Crippen molar-refractivity contribution in [1.29, 1.82) is 0 Å². The number of nitrogens with zero attached hydrogens (tertiary/aromatic N) is 1. The lowest BCUT2D eigenvalue weighted by atomic mass is 9.88. The molecule has 0 aromatic carbocycles. The molecule has 0 aromatic heterocycles. The fourth-order valence-corrected chi connectivity index (χ4v) is 5.54. The quantitative estimate of drug-likeness (QED) is 0.155. The Hall–Kier alpha value is -2.93. The molecule has 13 nitrogen and oxygen atoms in total. The van der Waals surface area contributed by atoms with Gasteiger partial charge in [0, 0.05) is 30.0 Å². The Balaban J connectivity index is 2.01. The molecule has 0 saturated heterocycles. The normalized spacial score (nSPS) is 25.3. The van der Waals surface area contributed by atoms with Gasteiger partial charge >= 0.3 is 17.9 Å². The van der Waals surface area contributed by atoms with E-state index in [1.165, 1.54) is 6.92 Å². The zero-order valence-corrected chi connectivity index (χ0v) is 24.7. The van der Waals surface area contributed by atoms with Crippen LogP contribution in [0.1, 0.15) is 72.1 Å². The van der Waals surface area contributed by atoms with Crippen molar-refractivity contribution >= 4 is 64.4 Å². The second-order valence-corrected chi connectivity index (χ2v) is 11.9. The summed E-state index contributed by atoms with van der Waals surface area (Å²) >= 11 is 12.4. The Morgan fingerprint density at radius 3 is 2.24 bits per heavy atom. The minimum atomic E-state index is -1.62. The Morgan fingerprint density at radius 2 is 1.68 bits per heavy atom. The summed E-state index contributed by atoms with van der Waals surface area (Å²) in [6.45, 7) is 4.24. The summed E-state index contributed by atoms with van der Waals surface area (Å²) in [4.78, 5) is 78.4. The van der Waals surface area contributed by atoms with E-state index in [2.05, 4.69) is 15.8 Å². The zero-order valence-electron chi connectivity index (χ0n) is 23.2. The van der Waals surface area contributed by atoms with Gasteiger partial charge in [-0.15, -0.1) is 23.2 Å². The molecule has 230 valence electrons. The number of ether oxygens (including phenoxy) is 1. The number of carbonyl (C=O) groups is 6. The standard InChI is InChI=1S/C26H37Cl2N3O10/c1-13(2)23(30-19(33)8-5-9-20(34)35)17-11-26(3,41-31-17)25(39)29-16(10-21(36)37)18(32)12-40-24(38)22-14(27)6-4-7-15(22)28/h13-16,22-23H,4-12H2,1-3H3,(H,29,39)(H,30,33)(H,34,35)(H,36,37)/t14?,15?,16-,22?,23-,26?/m0/s1. The number of carbonyl (C=O) groups excluding carboxylic acids is 4. The maximum absolute atomic E-state index is 13.2. The van der Waals surface area contributed by atoms with Crippen LogP contribution in [0.3, 0.4) is 0 Å². The first-order chi connectivity index (χ1) is 19.1. The van der Waals surface area contributed by atoms with Crippen LogP contribution >= 0.6 is 23.2 Å². The van der Waals surface area contributed by atoms with E-state index >= 15 is 0 Å². The Kier molecular flexibility index (Phi) is 12.8. The molecule has 5 atom stereocenters. The van der Waals surface area contributed by atoms with Crippen molar-refractivity contribution in [2.45, 2.75) is 101 Å². The lowest BCUT2D eigenvalue weighted by Gasteiger charge is -2.29. The van der Waals surface area contributed by atoms with E-state index < -0.39 is 77.0 Å². The van der Waals surface area contributed by atoms with E-state index in [4.69, 9.17) is 37.9 Å². The third kappa shape index (κ3) is 10.1. The SMILES string of the molecule is CC(C)[C@H](NC(=O)CCCC(=O)O)C1=NOC(C)(C(=O)N[C@@H](CC(=O)O)C(=O)COC(=O)C2C(Cl)CCCC2Cl)C1. The van der Waals surface area contributed by atoms with E-state index in [0.717, 1.165) is 6.42 Å². The van der Waals surface area contributed by atoms with Crippen LogP contribution < -0.4 is 10.6 Å². The number of carboxylic acid groups (broad SMARTS) is 2. The summed E-state index contributed by atoms with van der Waals surface area (Å²) in [6, 6.07) is -2.15. The van der Waals surface area contributed by atoms with Crippen LogP contribution in [-0.2, 0) is 38.3 Å².